The third-order valence-electron chi connectivity index (χ3n) is 5.98. The Morgan fingerprint density at radius 2 is 0.870 bits per heavy atom. The Balaban J connectivity index is 1.80. The number of hydrogen-bond acceptors (Lipinski definition) is 12. The summed E-state index contributed by atoms with van der Waals surface area (Å²) in [5.41, 5.74) is 0.272. The number of esters is 6. The summed E-state index contributed by atoms with van der Waals surface area (Å²) in [5, 5.41) is 5.04. The van der Waals surface area contributed by atoms with Crippen LogP contribution in [0, 0.1) is 0 Å². The highest BCUT2D eigenvalue weighted by Crippen LogP contribution is 2.27. The van der Waals surface area contributed by atoms with Gasteiger partial charge in [0.1, 0.15) is 22.6 Å². The van der Waals surface area contributed by atoms with E-state index in [-0.39, 0.29) is 58.7 Å². The summed E-state index contributed by atoms with van der Waals surface area (Å²) < 4.78 is 19.8. The van der Waals surface area contributed by atoms with Gasteiger partial charge in [0.25, 0.3) is 0 Å². The van der Waals surface area contributed by atoms with E-state index in [1.54, 1.807) is 0 Å². The first-order valence-corrected chi connectivity index (χ1v) is 14.4. The van der Waals surface area contributed by atoms with Crippen molar-refractivity contribution in [3.63, 3.8) is 0 Å². The van der Waals surface area contributed by atoms with Gasteiger partial charge >= 0.3 is 35.8 Å². The maximum absolute atomic E-state index is 12.4. The van der Waals surface area contributed by atoms with Crippen molar-refractivity contribution in [3.05, 3.63) is 47.5 Å². The maximum atomic E-state index is 12.4. The molecule has 2 aromatic carbocycles. The van der Waals surface area contributed by atoms with E-state index in [1.807, 2.05) is 0 Å². The molecule has 2 amide bonds. The lowest BCUT2D eigenvalue weighted by atomic mass is 10.1. The fourth-order valence-corrected chi connectivity index (χ4v) is 4.08. The molecule has 0 aromatic heterocycles. The van der Waals surface area contributed by atoms with E-state index in [0.717, 1.165) is 26.7 Å². The van der Waals surface area contributed by atoms with E-state index in [4.69, 9.17) is 9.47 Å². The lowest BCUT2D eigenvalue weighted by molar-refractivity contribution is -0.136. The largest absolute Gasteiger partial charge is 0.426 e. The molecule has 14 nitrogen and oxygen atoms in total. The second kappa shape index (κ2) is 18.4. The highest BCUT2D eigenvalue weighted by molar-refractivity contribution is 6.01. The summed E-state index contributed by atoms with van der Waals surface area (Å²) in [5.74, 6) is -5.94. The molecule has 0 aliphatic heterocycles. The summed E-state index contributed by atoms with van der Waals surface area (Å²) in [6, 6.07) is 7.95. The van der Waals surface area contributed by atoms with Crippen molar-refractivity contribution in [3.8, 4) is 11.5 Å². The van der Waals surface area contributed by atoms with Gasteiger partial charge in [-0.3, -0.25) is 28.8 Å². The van der Waals surface area contributed by atoms with Crippen molar-refractivity contribution < 1.29 is 57.3 Å². The Labute approximate surface area is 265 Å². The Morgan fingerprint density at radius 3 is 1.20 bits per heavy atom. The van der Waals surface area contributed by atoms with Gasteiger partial charge in [-0.25, -0.2) is 9.59 Å². The minimum atomic E-state index is -0.997. The van der Waals surface area contributed by atoms with E-state index in [2.05, 4.69) is 20.1 Å². The van der Waals surface area contributed by atoms with Gasteiger partial charge < -0.3 is 29.6 Å². The van der Waals surface area contributed by atoms with Gasteiger partial charge in [0.05, 0.1) is 0 Å². The molecule has 14 heteroatoms. The minimum Gasteiger partial charge on any atom is -0.426 e. The van der Waals surface area contributed by atoms with Crippen LogP contribution < -0.4 is 20.1 Å². The molecular formula is C32H36N2O12. The van der Waals surface area contributed by atoms with Gasteiger partial charge in [0.15, 0.2) is 0 Å². The van der Waals surface area contributed by atoms with Crippen molar-refractivity contribution >= 4 is 59.0 Å². The van der Waals surface area contributed by atoms with E-state index in [1.165, 1.54) is 50.2 Å². The van der Waals surface area contributed by atoms with Crippen LogP contribution in [0.4, 0.5) is 11.4 Å². The number of ether oxygens (including phenoxy) is 4. The minimum absolute atomic E-state index is 0.0455. The van der Waals surface area contributed by atoms with Gasteiger partial charge in [0.2, 0.25) is 11.8 Å². The Hall–Kier alpha value is -5.40. The van der Waals surface area contributed by atoms with Gasteiger partial charge in [-0.05, 0) is 37.1 Å². The van der Waals surface area contributed by atoms with E-state index >= 15 is 0 Å². The highest BCUT2D eigenvalue weighted by atomic mass is 16.6. The molecule has 2 rings (SSSR count). The highest BCUT2D eigenvalue weighted by Gasteiger charge is 2.21. The van der Waals surface area contributed by atoms with Crippen LogP contribution in [0.5, 0.6) is 11.5 Å². The second-order valence-corrected chi connectivity index (χ2v) is 10.1. The molecular weight excluding hydrogens is 604 g/mol. The molecule has 0 saturated heterocycles. The first kappa shape index (κ1) is 36.8. The lowest BCUT2D eigenvalue weighted by Gasteiger charge is -2.12. The maximum Gasteiger partial charge on any atom is 0.349 e. The standard InChI is InChI=1S/C32H36N2O12/c1-19(35)33-23-13-15-25(31(41)43-21(3)37)27(17-23)45-29(39)11-9-7-5-6-8-10-12-30(40)46-28-18-24(34-20(2)36)14-16-26(28)32(42)44-22(4)38/h13-18H,5-12H2,1-4H3,(H,33,35)(H,34,36). The summed E-state index contributed by atoms with van der Waals surface area (Å²) in [4.78, 5) is 94.5. The predicted octanol–water partition coefficient (Wildman–Crippen LogP) is 4.64. The van der Waals surface area contributed by atoms with Crippen LogP contribution >= 0.6 is 0 Å². The third kappa shape index (κ3) is 13.5. The molecule has 0 bridgehead atoms. The molecule has 2 aromatic rings. The zero-order valence-corrected chi connectivity index (χ0v) is 26.0. The molecule has 2 N–H and O–H groups in total. The van der Waals surface area contributed by atoms with Crippen LogP contribution in [0.2, 0.25) is 0 Å². The van der Waals surface area contributed by atoms with Crippen LogP contribution in [0.1, 0.15) is 99.8 Å². The molecule has 0 unspecified atom stereocenters. The summed E-state index contributed by atoms with van der Waals surface area (Å²) in [7, 11) is 0. The molecule has 0 heterocycles. The van der Waals surface area contributed by atoms with Crippen molar-refractivity contribution in [2.45, 2.75) is 79.1 Å². The molecule has 0 radical (unpaired) electrons. The van der Waals surface area contributed by atoms with Gasteiger partial charge in [-0.2, -0.15) is 0 Å². The van der Waals surface area contributed by atoms with Crippen molar-refractivity contribution in [2.24, 2.45) is 0 Å². The Kier molecular flexibility index (Phi) is 14.7. The number of rotatable bonds is 15. The van der Waals surface area contributed by atoms with Gasteiger partial charge in [-0.1, -0.05) is 25.7 Å². The van der Waals surface area contributed by atoms with Crippen LogP contribution in [-0.4, -0.2) is 47.6 Å². The number of carbonyl (C=O) groups is 8. The summed E-state index contributed by atoms with van der Waals surface area (Å²) >= 11 is 0. The Bertz CT molecular complexity index is 1390. The monoisotopic (exact) mass is 640 g/mol. The SMILES string of the molecule is CC(=O)Nc1ccc(C(=O)OC(C)=O)c(OC(=O)CCCCCCCCC(=O)Oc2cc(NC(C)=O)ccc2C(=O)OC(C)=O)c1. The number of unbranched alkanes of at least 4 members (excludes halogenated alkanes) is 5. The Morgan fingerprint density at radius 1 is 0.522 bits per heavy atom. The average Bonchev–Trinajstić information content (AvgIpc) is 2.93. The number of carbonyl (C=O) groups excluding carboxylic acids is 8. The zero-order chi connectivity index (χ0) is 34.2. The lowest BCUT2D eigenvalue weighted by Crippen LogP contribution is -2.15. The number of benzene rings is 2. The van der Waals surface area contributed by atoms with E-state index < -0.39 is 35.8 Å². The van der Waals surface area contributed by atoms with Gasteiger partial charge in [-0.15, -0.1) is 0 Å². The molecule has 0 saturated carbocycles. The third-order valence-corrected chi connectivity index (χ3v) is 5.98. The molecule has 0 spiro atoms. The van der Waals surface area contributed by atoms with E-state index in [0.29, 0.717) is 25.7 Å². The van der Waals surface area contributed by atoms with Crippen LogP contribution in [0.25, 0.3) is 0 Å². The first-order chi connectivity index (χ1) is 21.7. The molecule has 0 aliphatic carbocycles. The molecule has 46 heavy (non-hydrogen) atoms. The first-order valence-electron chi connectivity index (χ1n) is 14.4. The van der Waals surface area contributed by atoms with Crippen LogP contribution in [0.3, 0.4) is 0 Å². The van der Waals surface area contributed by atoms with Crippen molar-refractivity contribution in [1.82, 2.24) is 0 Å². The van der Waals surface area contributed by atoms with Gasteiger partial charge in [0, 0.05) is 64.0 Å². The number of hydrogen-bond donors (Lipinski definition) is 2. The van der Waals surface area contributed by atoms with Crippen LogP contribution in [0.15, 0.2) is 36.4 Å². The molecule has 0 fully saturated rings. The van der Waals surface area contributed by atoms with Crippen molar-refractivity contribution in [1.29, 1.82) is 0 Å². The quantitative estimate of drug-likeness (QED) is 0.119. The molecule has 0 atom stereocenters. The molecule has 0 aliphatic rings. The normalized spacial score (nSPS) is 10.3. The summed E-state index contributed by atoms with van der Waals surface area (Å²) in [6.45, 7) is 4.70. The number of nitrogens with one attached hydrogen (secondary N) is 2. The fourth-order valence-electron chi connectivity index (χ4n) is 4.08. The van der Waals surface area contributed by atoms with Crippen molar-refractivity contribution in [2.75, 3.05) is 10.6 Å². The fraction of sp³-hybridized carbons (Fsp3) is 0.375. The second-order valence-electron chi connectivity index (χ2n) is 10.1. The topological polar surface area (TPSA) is 198 Å². The number of anilines is 2. The summed E-state index contributed by atoms with van der Waals surface area (Å²) in [6.07, 6.45) is 3.96. The van der Waals surface area contributed by atoms with E-state index in [9.17, 15) is 38.4 Å². The number of amides is 2. The average molecular weight is 641 g/mol. The zero-order valence-electron chi connectivity index (χ0n) is 26.0. The molecule has 246 valence electrons. The van der Waals surface area contributed by atoms with Crippen LogP contribution in [-0.2, 0) is 38.2 Å². The predicted molar refractivity (Wildman–Crippen MR) is 162 cm³/mol. The smallest absolute Gasteiger partial charge is 0.349 e.